The highest BCUT2D eigenvalue weighted by atomic mass is 32.2. The average Bonchev–Trinajstić information content (AvgIpc) is 2.71. The van der Waals surface area contributed by atoms with E-state index in [0.29, 0.717) is 5.75 Å². The van der Waals surface area contributed by atoms with Crippen LogP contribution in [0.4, 0.5) is 5.69 Å². The number of rotatable bonds is 18. The number of carbonyl (C=O) groups is 1. The minimum Gasteiger partial charge on any atom is -0.322 e. The first-order valence-corrected chi connectivity index (χ1v) is 14.9. The van der Waals surface area contributed by atoms with Crippen LogP contribution in [0.25, 0.3) is 0 Å². The molecule has 1 heterocycles. The van der Waals surface area contributed by atoms with Crippen LogP contribution in [0.5, 0.6) is 0 Å². The van der Waals surface area contributed by atoms with E-state index < -0.39 is 0 Å². The van der Waals surface area contributed by atoms with E-state index in [-0.39, 0.29) is 5.91 Å². The second-order valence-corrected chi connectivity index (χ2v) is 11.3. The number of hydrogen-bond acceptors (Lipinski definition) is 5. The summed E-state index contributed by atoms with van der Waals surface area (Å²) in [6.07, 6.45) is 13.5. The van der Waals surface area contributed by atoms with Crippen molar-refractivity contribution in [2.24, 2.45) is 0 Å². The average molecular weight is 471 g/mol. The molecule has 1 rings (SSSR count). The van der Waals surface area contributed by atoms with Gasteiger partial charge in [-0.25, -0.2) is 4.98 Å². The van der Waals surface area contributed by atoms with E-state index in [2.05, 4.69) is 37.1 Å². The summed E-state index contributed by atoms with van der Waals surface area (Å²) < 4.78 is 0. The van der Waals surface area contributed by atoms with E-state index >= 15 is 0 Å². The first kappa shape index (κ1) is 27.7. The second kappa shape index (κ2) is 18.3. The summed E-state index contributed by atoms with van der Waals surface area (Å²) in [4.78, 5) is 18.3. The molecule has 30 heavy (non-hydrogen) atoms. The molecule has 0 aromatic carbocycles. The SMILES string of the molecule is CCCCCCCCCCCCSCC(=O)Nc1c(SCC)cc(C)nc1SCC. The monoisotopic (exact) mass is 470 g/mol. The Balaban J connectivity index is 2.25. The number of nitrogens with zero attached hydrogens (tertiary/aromatic N) is 1. The van der Waals surface area contributed by atoms with Crippen molar-refractivity contribution in [2.45, 2.75) is 102 Å². The molecule has 1 aromatic heterocycles. The van der Waals surface area contributed by atoms with Gasteiger partial charge >= 0.3 is 0 Å². The smallest absolute Gasteiger partial charge is 0.234 e. The molecule has 0 spiro atoms. The third kappa shape index (κ3) is 12.5. The summed E-state index contributed by atoms with van der Waals surface area (Å²) >= 11 is 5.22. The van der Waals surface area contributed by atoms with Crippen molar-refractivity contribution in [3.05, 3.63) is 11.8 Å². The molecular formula is C24H42N2OS3. The highest BCUT2D eigenvalue weighted by Gasteiger charge is 2.15. The van der Waals surface area contributed by atoms with Crippen LogP contribution in [0.3, 0.4) is 0 Å². The number of anilines is 1. The molecule has 0 atom stereocenters. The Morgan fingerprint density at radius 2 is 1.50 bits per heavy atom. The van der Waals surface area contributed by atoms with Crippen LogP contribution in [0, 0.1) is 6.92 Å². The summed E-state index contributed by atoms with van der Waals surface area (Å²) in [5, 5.41) is 4.10. The number of unbranched alkanes of at least 4 members (excludes halogenated alkanes) is 9. The Morgan fingerprint density at radius 3 is 2.10 bits per heavy atom. The molecule has 0 aliphatic heterocycles. The zero-order valence-electron chi connectivity index (χ0n) is 19.6. The van der Waals surface area contributed by atoms with Gasteiger partial charge in [0.2, 0.25) is 5.91 Å². The fourth-order valence-corrected chi connectivity index (χ4v) is 5.79. The number of pyridine rings is 1. The van der Waals surface area contributed by atoms with Gasteiger partial charge in [-0.2, -0.15) is 11.8 Å². The molecule has 0 saturated heterocycles. The summed E-state index contributed by atoms with van der Waals surface area (Å²) in [5.74, 6) is 3.62. The molecule has 0 bridgehead atoms. The molecule has 0 aliphatic carbocycles. The quantitative estimate of drug-likeness (QED) is 0.173. The highest BCUT2D eigenvalue weighted by Crippen LogP contribution is 2.35. The van der Waals surface area contributed by atoms with Crippen LogP contribution in [0.1, 0.15) is 90.7 Å². The minimum absolute atomic E-state index is 0.0913. The standard InChI is InChI=1S/C24H42N2OS3/c1-5-8-9-10-11-12-13-14-15-16-17-28-19-22(27)26-23-21(29-6-2)18-20(4)25-24(23)30-7-3/h18H,5-17,19H2,1-4H3,(H,26,27). The highest BCUT2D eigenvalue weighted by molar-refractivity contribution is 8.00. The summed E-state index contributed by atoms with van der Waals surface area (Å²) in [5.41, 5.74) is 1.92. The van der Waals surface area contributed by atoms with Gasteiger partial charge in [0.1, 0.15) is 5.03 Å². The van der Waals surface area contributed by atoms with Crippen molar-refractivity contribution in [1.29, 1.82) is 0 Å². The summed E-state index contributed by atoms with van der Waals surface area (Å²) in [6, 6.07) is 2.08. The fourth-order valence-electron chi connectivity index (χ4n) is 3.27. The second-order valence-electron chi connectivity index (χ2n) is 7.59. The molecule has 1 N–H and O–H groups in total. The maximum atomic E-state index is 12.5. The lowest BCUT2D eigenvalue weighted by molar-refractivity contribution is -0.113. The fraction of sp³-hybridized carbons (Fsp3) is 0.750. The van der Waals surface area contributed by atoms with Crippen molar-refractivity contribution in [1.82, 2.24) is 4.98 Å². The number of thioether (sulfide) groups is 3. The van der Waals surface area contributed by atoms with E-state index in [1.54, 1.807) is 35.3 Å². The molecule has 1 aromatic rings. The maximum Gasteiger partial charge on any atom is 0.234 e. The van der Waals surface area contributed by atoms with Crippen LogP contribution in [-0.4, -0.2) is 33.9 Å². The Hall–Kier alpha value is -0.330. The number of nitrogens with one attached hydrogen (secondary N) is 1. The largest absolute Gasteiger partial charge is 0.322 e. The number of hydrogen-bond donors (Lipinski definition) is 1. The number of aromatic nitrogens is 1. The van der Waals surface area contributed by atoms with E-state index in [1.807, 2.05) is 6.92 Å². The van der Waals surface area contributed by atoms with E-state index in [1.165, 1.54) is 64.2 Å². The zero-order chi connectivity index (χ0) is 22.0. The van der Waals surface area contributed by atoms with E-state index in [0.717, 1.165) is 38.6 Å². The van der Waals surface area contributed by atoms with Gasteiger partial charge in [0.15, 0.2) is 0 Å². The van der Waals surface area contributed by atoms with Gasteiger partial charge in [0.05, 0.1) is 11.4 Å². The van der Waals surface area contributed by atoms with Gasteiger partial charge in [-0.3, -0.25) is 4.79 Å². The van der Waals surface area contributed by atoms with Crippen LogP contribution >= 0.6 is 35.3 Å². The molecule has 1 amide bonds. The topological polar surface area (TPSA) is 42.0 Å². The van der Waals surface area contributed by atoms with Crippen molar-refractivity contribution >= 4 is 46.9 Å². The Bertz CT molecular complexity index is 569. The van der Waals surface area contributed by atoms with Crippen LogP contribution in [0.2, 0.25) is 0 Å². The zero-order valence-corrected chi connectivity index (χ0v) is 22.0. The van der Waals surface area contributed by atoms with Gasteiger partial charge < -0.3 is 5.32 Å². The van der Waals surface area contributed by atoms with Crippen molar-refractivity contribution < 1.29 is 4.79 Å². The van der Waals surface area contributed by atoms with Gasteiger partial charge in [0.25, 0.3) is 0 Å². The Kier molecular flexibility index (Phi) is 16.9. The molecule has 3 nitrogen and oxygen atoms in total. The summed E-state index contributed by atoms with van der Waals surface area (Å²) in [7, 11) is 0. The van der Waals surface area contributed by atoms with Crippen LogP contribution in [-0.2, 0) is 4.79 Å². The number of amides is 1. The minimum atomic E-state index is 0.0913. The maximum absolute atomic E-state index is 12.5. The molecule has 0 fully saturated rings. The van der Waals surface area contributed by atoms with Crippen molar-refractivity contribution in [3.8, 4) is 0 Å². The lowest BCUT2D eigenvalue weighted by atomic mass is 10.1. The molecule has 172 valence electrons. The van der Waals surface area contributed by atoms with E-state index in [9.17, 15) is 4.79 Å². The van der Waals surface area contributed by atoms with Gasteiger partial charge in [-0.15, -0.1) is 23.5 Å². The predicted octanol–water partition coefficient (Wildman–Crippen LogP) is 8.21. The van der Waals surface area contributed by atoms with Crippen LogP contribution < -0.4 is 5.32 Å². The first-order chi connectivity index (χ1) is 14.6. The Labute approximate surface area is 198 Å². The molecule has 0 radical (unpaired) electrons. The molecule has 0 aliphatic rings. The molecule has 6 heteroatoms. The number of carbonyl (C=O) groups excluding carboxylic acids is 1. The third-order valence-corrected chi connectivity index (χ3v) is 7.62. The molecule has 0 saturated carbocycles. The van der Waals surface area contributed by atoms with E-state index in [4.69, 9.17) is 0 Å². The van der Waals surface area contributed by atoms with Gasteiger partial charge in [0, 0.05) is 10.6 Å². The van der Waals surface area contributed by atoms with Gasteiger partial charge in [-0.05, 0) is 36.7 Å². The van der Waals surface area contributed by atoms with Crippen molar-refractivity contribution in [2.75, 3.05) is 28.3 Å². The Morgan fingerprint density at radius 1 is 0.900 bits per heavy atom. The lowest BCUT2D eigenvalue weighted by Gasteiger charge is -2.15. The molecular weight excluding hydrogens is 428 g/mol. The third-order valence-electron chi connectivity index (χ3n) is 4.80. The van der Waals surface area contributed by atoms with Crippen LogP contribution in [0.15, 0.2) is 16.0 Å². The predicted molar refractivity (Wildman–Crippen MR) is 140 cm³/mol. The number of aryl methyl sites for hydroxylation is 1. The normalized spacial score (nSPS) is 11.1. The summed E-state index contributed by atoms with van der Waals surface area (Å²) in [6.45, 7) is 8.55. The van der Waals surface area contributed by atoms with Gasteiger partial charge in [-0.1, -0.05) is 78.6 Å². The van der Waals surface area contributed by atoms with Crippen molar-refractivity contribution in [3.63, 3.8) is 0 Å². The first-order valence-electron chi connectivity index (χ1n) is 11.8. The lowest BCUT2D eigenvalue weighted by Crippen LogP contribution is -2.16. The molecule has 0 unspecified atom stereocenters.